The van der Waals surface area contributed by atoms with Gasteiger partial charge in [0.15, 0.2) is 0 Å². The van der Waals surface area contributed by atoms with E-state index in [0.29, 0.717) is 0 Å². The Labute approximate surface area is 67.4 Å². The Morgan fingerprint density at radius 3 is 2.64 bits per heavy atom. The zero-order valence-corrected chi connectivity index (χ0v) is 6.64. The maximum absolute atomic E-state index is 8.39. The number of hydrogen-bond donors (Lipinski definition) is 2. The van der Waals surface area contributed by atoms with E-state index in [9.17, 15) is 0 Å². The second-order valence-corrected chi connectivity index (χ2v) is 2.54. The van der Waals surface area contributed by atoms with Gasteiger partial charge >= 0.3 is 0 Å². The quantitative estimate of drug-likeness (QED) is 0.470. The van der Waals surface area contributed by atoms with Crippen LogP contribution < -0.4 is 5.32 Å². The van der Waals surface area contributed by atoms with Gasteiger partial charge in [-0.15, -0.1) is 0 Å². The van der Waals surface area contributed by atoms with E-state index >= 15 is 0 Å². The van der Waals surface area contributed by atoms with E-state index in [0.717, 1.165) is 32.7 Å². The number of hydrogen-bond acceptors (Lipinski definition) is 3. The van der Waals surface area contributed by atoms with Crippen molar-refractivity contribution in [2.75, 3.05) is 39.3 Å². The third-order valence-electron chi connectivity index (χ3n) is 1.72. The summed E-state index contributed by atoms with van der Waals surface area (Å²) >= 11 is 0. The summed E-state index contributed by atoms with van der Waals surface area (Å²) in [5.74, 6) is 5.54. The average Bonchev–Trinajstić information content (AvgIpc) is 2.07. The fourth-order valence-electron chi connectivity index (χ4n) is 1.09. The zero-order chi connectivity index (χ0) is 7.94. The zero-order valence-electron chi connectivity index (χ0n) is 6.64. The van der Waals surface area contributed by atoms with E-state index in [-0.39, 0.29) is 6.61 Å². The third-order valence-corrected chi connectivity index (χ3v) is 1.72. The Morgan fingerprint density at radius 1 is 1.27 bits per heavy atom. The van der Waals surface area contributed by atoms with Gasteiger partial charge in [0.05, 0.1) is 6.54 Å². The topological polar surface area (TPSA) is 35.5 Å². The molecule has 0 atom stereocenters. The molecular formula is C8H14N2O. The molecule has 1 saturated heterocycles. The minimum Gasteiger partial charge on any atom is -0.384 e. The Hall–Kier alpha value is -0.560. The van der Waals surface area contributed by atoms with Gasteiger partial charge in [-0.3, -0.25) is 4.90 Å². The Bertz CT molecular complexity index is 153. The summed E-state index contributed by atoms with van der Waals surface area (Å²) in [7, 11) is 0. The van der Waals surface area contributed by atoms with Crippen LogP contribution in [0.5, 0.6) is 0 Å². The minimum absolute atomic E-state index is 0.0217. The summed E-state index contributed by atoms with van der Waals surface area (Å²) in [5.41, 5.74) is 0. The van der Waals surface area contributed by atoms with Crippen LogP contribution in [-0.4, -0.2) is 49.3 Å². The molecule has 2 N–H and O–H groups in total. The molecule has 0 aliphatic carbocycles. The first-order valence-corrected chi connectivity index (χ1v) is 3.93. The average molecular weight is 154 g/mol. The number of piperazine rings is 1. The van der Waals surface area contributed by atoms with Crippen LogP contribution in [0.15, 0.2) is 0 Å². The van der Waals surface area contributed by atoms with Crippen LogP contribution in [0.4, 0.5) is 0 Å². The Kier molecular flexibility index (Phi) is 3.99. The molecule has 3 heteroatoms. The van der Waals surface area contributed by atoms with Crippen molar-refractivity contribution in [2.24, 2.45) is 0 Å². The van der Waals surface area contributed by atoms with Crippen molar-refractivity contribution in [3.63, 3.8) is 0 Å². The molecule has 3 nitrogen and oxygen atoms in total. The summed E-state index contributed by atoms with van der Waals surface area (Å²) in [6, 6.07) is 0. The number of rotatable bonds is 1. The number of aliphatic hydroxyl groups excluding tert-OH is 1. The Balaban J connectivity index is 2.14. The summed E-state index contributed by atoms with van der Waals surface area (Å²) in [4.78, 5) is 2.28. The lowest BCUT2D eigenvalue weighted by atomic mass is 10.3. The predicted molar refractivity (Wildman–Crippen MR) is 44.2 cm³/mol. The number of aliphatic hydroxyl groups is 1. The van der Waals surface area contributed by atoms with Crippen molar-refractivity contribution in [1.82, 2.24) is 10.2 Å². The molecule has 1 rings (SSSR count). The van der Waals surface area contributed by atoms with Gasteiger partial charge in [0.2, 0.25) is 0 Å². The smallest absolute Gasteiger partial charge is 0.104 e. The van der Waals surface area contributed by atoms with Crippen LogP contribution in [0.3, 0.4) is 0 Å². The van der Waals surface area contributed by atoms with Crippen molar-refractivity contribution >= 4 is 0 Å². The maximum atomic E-state index is 8.39. The second-order valence-electron chi connectivity index (χ2n) is 2.54. The molecule has 0 amide bonds. The van der Waals surface area contributed by atoms with Crippen LogP contribution >= 0.6 is 0 Å². The van der Waals surface area contributed by atoms with E-state index in [2.05, 4.69) is 22.1 Å². The molecule has 0 radical (unpaired) electrons. The molecule has 1 aliphatic heterocycles. The highest BCUT2D eigenvalue weighted by molar-refractivity contribution is 5.01. The highest BCUT2D eigenvalue weighted by atomic mass is 16.2. The Morgan fingerprint density at radius 2 is 2.00 bits per heavy atom. The molecule has 0 bridgehead atoms. The highest BCUT2D eigenvalue weighted by Gasteiger charge is 2.06. The van der Waals surface area contributed by atoms with Crippen molar-refractivity contribution < 1.29 is 5.11 Å². The number of nitrogens with zero attached hydrogens (tertiary/aromatic N) is 1. The molecule has 0 aromatic rings. The summed E-state index contributed by atoms with van der Waals surface area (Å²) < 4.78 is 0. The first-order chi connectivity index (χ1) is 5.43. The van der Waals surface area contributed by atoms with Gasteiger partial charge in [-0.05, 0) is 0 Å². The van der Waals surface area contributed by atoms with Crippen molar-refractivity contribution in [3.05, 3.63) is 0 Å². The van der Waals surface area contributed by atoms with Crippen LogP contribution in [0.1, 0.15) is 0 Å². The van der Waals surface area contributed by atoms with E-state index < -0.39 is 0 Å². The first kappa shape index (κ1) is 8.54. The van der Waals surface area contributed by atoms with Gasteiger partial charge in [0.25, 0.3) is 0 Å². The van der Waals surface area contributed by atoms with Gasteiger partial charge in [-0.2, -0.15) is 0 Å². The van der Waals surface area contributed by atoms with Gasteiger partial charge in [0, 0.05) is 26.2 Å². The number of nitrogens with one attached hydrogen (secondary N) is 1. The van der Waals surface area contributed by atoms with Crippen LogP contribution in [0.25, 0.3) is 0 Å². The molecule has 11 heavy (non-hydrogen) atoms. The van der Waals surface area contributed by atoms with Gasteiger partial charge in [-0.25, -0.2) is 0 Å². The molecular weight excluding hydrogens is 140 g/mol. The maximum Gasteiger partial charge on any atom is 0.104 e. The lowest BCUT2D eigenvalue weighted by molar-refractivity contribution is 0.268. The minimum atomic E-state index is -0.0217. The molecule has 1 heterocycles. The monoisotopic (exact) mass is 154 g/mol. The molecule has 0 saturated carbocycles. The van der Waals surface area contributed by atoms with Crippen LogP contribution in [0.2, 0.25) is 0 Å². The van der Waals surface area contributed by atoms with Gasteiger partial charge < -0.3 is 10.4 Å². The fourth-order valence-corrected chi connectivity index (χ4v) is 1.09. The lowest BCUT2D eigenvalue weighted by Crippen LogP contribution is -2.43. The van der Waals surface area contributed by atoms with Crippen molar-refractivity contribution in [2.45, 2.75) is 0 Å². The first-order valence-electron chi connectivity index (χ1n) is 3.93. The summed E-state index contributed by atoms with van der Waals surface area (Å²) in [6.45, 7) is 5.02. The van der Waals surface area contributed by atoms with Crippen molar-refractivity contribution in [3.8, 4) is 11.8 Å². The van der Waals surface area contributed by atoms with Gasteiger partial charge in [-0.1, -0.05) is 11.8 Å². The van der Waals surface area contributed by atoms with Gasteiger partial charge in [0.1, 0.15) is 6.61 Å². The molecule has 1 aliphatic rings. The van der Waals surface area contributed by atoms with Crippen molar-refractivity contribution in [1.29, 1.82) is 0 Å². The lowest BCUT2D eigenvalue weighted by Gasteiger charge is -2.24. The molecule has 1 fully saturated rings. The molecule has 0 spiro atoms. The highest BCUT2D eigenvalue weighted by Crippen LogP contribution is 1.88. The molecule has 0 unspecified atom stereocenters. The molecule has 62 valence electrons. The summed E-state index contributed by atoms with van der Waals surface area (Å²) in [5, 5.41) is 11.7. The van der Waals surface area contributed by atoms with Crippen LogP contribution in [0, 0.1) is 11.8 Å². The fraction of sp³-hybridized carbons (Fsp3) is 0.750. The second kappa shape index (κ2) is 5.14. The third kappa shape index (κ3) is 3.38. The van der Waals surface area contributed by atoms with E-state index in [1.165, 1.54) is 0 Å². The normalized spacial score (nSPS) is 19.0. The van der Waals surface area contributed by atoms with E-state index in [1.54, 1.807) is 0 Å². The summed E-state index contributed by atoms with van der Waals surface area (Å²) in [6.07, 6.45) is 0. The van der Waals surface area contributed by atoms with E-state index in [1.807, 2.05) is 0 Å². The molecule has 0 aromatic heterocycles. The SMILES string of the molecule is OCC#CCN1CCNCC1. The predicted octanol–water partition coefficient (Wildman–Crippen LogP) is -1.11. The largest absolute Gasteiger partial charge is 0.384 e. The van der Waals surface area contributed by atoms with Crippen LogP contribution in [-0.2, 0) is 0 Å². The standard InChI is InChI=1S/C8H14N2O/c11-8-2-1-5-10-6-3-9-4-7-10/h9,11H,3-8H2. The van der Waals surface area contributed by atoms with E-state index in [4.69, 9.17) is 5.11 Å². The molecule has 0 aromatic carbocycles.